The van der Waals surface area contributed by atoms with E-state index in [1.807, 2.05) is 6.92 Å². The summed E-state index contributed by atoms with van der Waals surface area (Å²) in [6, 6.07) is 3.54. The normalized spacial score (nSPS) is 12.1. The quantitative estimate of drug-likeness (QED) is 0.899. The molecule has 1 amide bonds. The number of hydrogen-bond donors (Lipinski definition) is 1. The molecule has 6 heteroatoms. The number of ether oxygens (including phenoxy) is 2. The van der Waals surface area contributed by atoms with Gasteiger partial charge in [0.25, 0.3) is 0 Å². The Morgan fingerprint density at radius 1 is 1.69 bits per heavy atom. The molecule has 0 aliphatic rings. The molecule has 0 fully saturated rings. The summed E-state index contributed by atoms with van der Waals surface area (Å²) in [4.78, 5) is 14.8. The number of nitrogens with two attached hydrogens (primary N) is 1. The van der Waals surface area contributed by atoms with E-state index in [0.717, 1.165) is 4.47 Å². The minimum atomic E-state index is -0.841. The number of hydrogen-bond acceptors (Lipinski definition) is 4. The van der Waals surface area contributed by atoms with Crippen LogP contribution in [0, 0.1) is 0 Å². The summed E-state index contributed by atoms with van der Waals surface area (Å²) >= 11 is 3.31. The number of carbonyl (C=O) groups excluding carboxylic acids is 1. The molecular formula is C10H13BrN2O3. The number of pyridine rings is 1. The molecule has 1 heterocycles. The third-order valence-electron chi connectivity index (χ3n) is 1.80. The Bertz CT molecular complexity index is 360. The molecule has 0 spiro atoms. The zero-order chi connectivity index (χ0) is 12.0. The highest BCUT2D eigenvalue weighted by Crippen LogP contribution is 2.19. The lowest BCUT2D eigenvalue weighted by molar-refractivity contribution is 0.0249. The van der Waals surface area contributed by atoms with Crippen molar-refractivity contribution < 1.29 is 14.3 Å². The Balaban J connectivity index is 2.78. The molecule has 1 aromatic rings. The molecule has 2 N–H and O–H groups in total. The van der Waals surface area contributed by atoms with Crippen LogP contribution in [0.2, 0.25) is 0 Å². The van der Waals surface area contributed by atoms with Crippen molar-refractivity contribution in [1.82, 2.24) is 4.98 Å². The predicted molar refractivity (Wildman–Crippen MR) is 61.8 cm³/mol. The summed E-state index contributed by atoms with van der Waals surface area (Å²) in [5, 5.41) is 0. The lowest BCUT2D eigenvalue weighted by Crippen LogP contribution is -2.21. The minimum absolute atomic E-state index is 0.239. The van der Waals surface area contributed by atoms with Gasteiger partial charge in [-0.2, -0.15) is 0 Å². The molecule has 0 bridgehead atoms. The summed E-state index contributed by atoms with van der Waals surface area (Å²) in [7, 11) is 0. The zero-order valence-electron chi connectivity index (χ0n) is 8.85. The summed E-state index contributed by atoms with van der Waals surface area (Å²) < 4.78 is 11.0. The van der Waals surface area contributed by atoms with Crippen LogP contribution in [0.5, 0.6) is 0 Å². The molecule has 0 saturated carbocycles. The van der Waals surface area contributed by atoms with Gasteiger partial charge in [-0.3, -0.25) is 4.98 Å². The maximum atomic E-state index is 10.7. The first kappa shape index (κ1) is 12.9. The van der Waals surface area contributed by atoms with Gasteiger partial charge in [0.2, 0.25) is 0 Å². The molecule has 0 aromatic carbocycles. The average Bonchev–Trinajstić information content (AvgIpc) is 2.23. The van der Waals surface area contributed by atoms with E-state index in [4.69, 9.17) is 15.2 Å². The number of carbonyl (C=O) groups is 1. The van der Waals surface area contributed by atoms with Crippen LogP contribution >= 0.6 is 15.9 Å². The highest BCUT2D eigenvalue weighted by atomic mass is 79.9. The second-order valence-corrected chi connectivity index (χ2v) is 3.90. The van der Waals surface area contributed by atoms with Gasteiger partial charge in [0.15, 0.2) is 6.10 Å². The van der Waals surface area contributed by atoms with Crippen molar-refractivity contribution in [3.05, 3.63) is 28.5 Å². The van der Waals surface area contributed by atoms with Crippen molar-refractivity contribution in [3.63, 3.8) is 0 Å². The van der Waals surface area contributed by atoms with E-state index in [1.165, 1.54) is 0 Å². The van der Waals surface area contributed by atoms with Gasteiger partial charge in [0.05, 0.1) is 12.3 Å². The fraction of sp³-hybridized carbons (Fsp3) is 0.400. The highest BCUT2D eigenvalue weighted by Gasteiger charge is 2.17. The zero-order valence-corrected chi connectivity index (χ0v) is 10.4. The van der Waals surface area contributed by atoms with Gasteiger partial charge in [0, 0.05) is 17.3 Å². The van der Waals surface area contributed by atoms with Gasteiger partial charge in [-0.1, -0.05) is 15.9 Å². The molecule has 1 aromatic heterocycles. The Morgan fingerprint density at radius 3 is 3.00 bits per heavy atom. The SMILES string of the molecule is CCOCC(OC(N)=O)c1cc(Br)ccn1. The maximum absolute atomic E-state index is 10.7. The largest absolute Gasteiger partial charge is 0.437 e. The van der Waals surface area contributed by atoms with Crippen LogP contribution in [-0.4, -0.2) is 24.3 Å². The van der Waals surface area contributed by atoms with Gasteiger partial charge in [-0.25, -0.2) is 4.79 Å². The number of nitrogens with zero attached hydrogens (tertiary/aromatic N) is 1. The van der Waals surface area contributed by atoms with Crippen molar-refractivity contribution in [1.29, 1.82) is 0 Å². The van der Waals surface area contributed by atoms with Crippen molar-refractivity contribution in [3.8, 4) is 0 Å². The van der Waals surface area contributed by atoms with Crippen LogP contribution < -0.4 is 5.73 Å². The molecule has 0 aliphatic heterocycles. The van der Waals surface area contributed by atoms with Crippen LogP contribution in [0.3, 0.4) is 0 Å². The average molecular weight is 289 g/mol. The maximum Gasteiger partial charge on any atom is 0.405 e. The lowest BCUT2D eigenvalue weighted by Gasteiger charge is -2.15. The molecule has 0 radical (unpaired) electrons. The fourth-order valence-corrected chi connectivity index (χ4v) is 1.49. The molecule has 0 saturated heterocycles. The first-order valence-electron chi connectivity index (χ1n) is 4.78. The van der Waals surface area contributed by atoms with E-state index in [9.17, 15) is 4.79 Å². The molecule has 16 heavy (non-hydrogen) atoms. The number of primary amides is 1. The van der Waals surface area contributed by atoms with Gasteiger partial charge < -0.3 is 15.2 Å². The van der Waals surface area contributed by atoms with Gasteiger partial charge in [-0.05, 0) is 19.1 Å². The van der Waals surface area contributed by atoms with Crippen LogP contribution in [-0.2, 0) is 9.47 Å². The predicted octanol–water partition coefficient (Wildman–Crippen LogP) is 2.02. The standard InChI is InChI=1S/C10H13BrN2O3/c1-2-15-6-9(16-10(12)14)8-5-7(11)3-4-13-8/h3-5,9H,2,6H2,1H3,(H2,12,14). The van der Waals surface area contributed by atoms with Crippen molar-refractivity contribution >= 4 is 22.0 Å². The van der Waals surface area contributed by atoms with E-state index in [-0.39, 0.29) is 6.61 Å². The number of rotatable bonds is 5. The van der Waals surface area contributed by atoms with Crippen LogP contribution in [0.1, 0.15) is 18.7 Å². The Morgan fingerprint density at radius 2 is 2.44 bits per heavy atom. The smallest absolute Gasteiger partial charge is 0.405 e. The Kier molecular flexibility index (Phi) is 5.21. The monoisotopic (exact) mass is 288 g/mol. The van der Waals surface area contributed by atoms with Gasteiger partial charge in [-0.15, -0.1) is 0 Å². The topological polar surface area (TPSA) is 74.4 Å². The minimum Gasteiger partial charge on any atom is -0.437 e. The van der Waals surface area contributed by atoms with Crippen LogP contribution in [0.25, 0.3) is 0 Å². The van der Waals surface area contributed by atoms with E-state index in [1.54, 1.807) is 18.3 Å². The van der Waals surface area contributed by atoms with E-state index in [0.29, 0.717) is 12.3 Å². The summed E-state index contributed by atoms with van der Waals surface area (Å²) in [6.45, 7) is 2.63. The van der Waals surface area contributed by atoms with E-state index >= 15 is 0 Å². The highest BCUT2D eigenvalue weighted by molar-refractivity contribution is 9.10. The fourth-order valence-electron chi connectivity index (χ4n) is 1.14. The third-order valence-corrected chi connectivity index (χ3v) is 2.30. The molecule has 1 unspecified atom stereocenters. The number of amides is 1. The van der Waals surface area contributed by atoms with Crippen molar-refractivity contribution in [2.24, 2.45) is 5.73 Å². The summed E-state index contributed by atoms with van der Waals surface area (Å²) in [5.74, 6) is 0. The molecule has 0 aliphatic carbocycles. The first-order chi connectivity index (χ1) is 7.63. The van der Waals surface area contributed by atoms with Gasteiger partial charge in [0.1, 0.15) is 0 Å². The summed E-state index contributed by atoms with van der Waals surface area (Å²) in [6.07, 6.45) is 0.198. The van der Waals surface area contributed by atoms with Crippen molar-refractivity contribution in [2.45, 2.75) is 13.0 Å². The molecule has 1 rings (SSSR count). The van der Waals surface area contributed by atoms with E-state index in [2.05, 4.69) is 20.9 Å². The lowest BCUT2D eigenvalue weighted by atomic mass is 10.2. The first-order valence-corrected chi connectivity index (χ1v) is 5.58. The Labute approximate surface area is 102 Å². The van der Waals surface area contributed by atoms with Crippen LogP contribution in [0.15, 0.2) is 22.8 Å². The molecular weight excluding hydrogens is 276 g/mol. The third kappa shape index (κ3) is 4.16. The number of halogens is 1. The second kappa shape index (κ2) is 6.44. The van der Waals surface area contributed by atoms with E-state index < -0.39 is 12.2 Å². The summed E-state index contributed by atoms with van der Waals surface area (Å²) in [5.41, 5.74) is 5.58. The van der Waals surface area contributed by atoms with Gasteiger partial charge >= 0.3 is 6.09 Å². The Hall–Kier alpha value is -1.14. The van der Waals surface area contributed by atoms with Crippen LogP contribution in [0.4, 0.5) is 4.79 Å². The second-order valence-electron chi connectivity index (χ2n) is 2.98. The molecule has 5 nitrogen and oxygen atoms in total. The number of aromatic nitrogens is 1. The molecule has 88 valence electrons. The molecule has 1 atom stereocenters. The van der Waals surface area contributed by atoms with Crippen molar-refractivity contribution in [2.75, 3.05) is 13.2 Å².